The molecule has 0 amide bonds. The van der Waals surface area contributed by atoms with Gasteiger partial charge in [0.15, 0.2) is 0 Å². The van der Waals surface area contributed by atoms with Gasteiger partial charge in [-0.05, 0) is 33.4 Å². The lowest BCUT2D eigenvalue weighted by Crippen LogP contribution is -2.35. The molecule has 0 aromatic heterocycles. The van der Waals surface area contributed by atoms with Crippen molar-refractivity contribution in [3.05, 3.63) is 0 Å². The Morgan fingerprint density at radius 1 is 1.30 bits per heavy atom. The molecule has 2 atom stereocenters. The second-order valence-electron chi connectivity index (χ2n) is 3.24. The third kappa shape index (κ3) is 1.50. The summed E-state index contributed by atoms with van der Waals surface area (Å²) in [6.07, 6.45) is 4.33. The Morgan fingerprint density at radius 2 is 2.00 bits per heavy atom. The predicted octanol–water partition coefficient (Wildman–Crippen LogP) is 1.12. The van der Waals surface area contributed by atoms with E-state index in [0.717, 1.165) is 0 Å². The molecule has 1 saturated carbocycles. The third-order valence-electron chi connectivity index (χ3n) is 2.38. The second kappa shape index (κ2) is 3.35. The van der Waals surface area contributed by atoms with Gasteiger partial charge in [-0.1, -0.05) is 0 Å². The van der Waals surface area contributed by atoms with Crippen LogP contribution in [0.15, 0.2) is 0 Å². The van der Waals surface area contributed by atoms with Crippen LogP contribution in [0.1, 0.15) is 19.3 Å². The van der Waals surface area contributed by atoms with Crippen molar-refractivity contribution >= 4 is 0 Å². The summed E-state index contributed by atoms with van der Waals surface area (Å²) >= 11 is 0. The van der Waals surface area contributed by atoms with Gasteiger partial charge in [0.05, 0.1) is 6.10 Å². The molecule has 0 heterocycles. The topological polar surface area (TPSA) is 12.5 Å². The van der Waals surface area contributed by atoms with Crippen LogP contribution < -0.4 is 0 Å². The minimum absolute atomic E-state index is 0.481. The van der Waals surface area contributed by atoms with Crippen LogP contribution in [-0.4, -0.2) is 38.3 Å². The molecule has 0 aromatic carbocycles. The number of methoxy groups -OCH3 is 1. The first-order valence-corrected chi connectivity index (χ1v) is 3.95. The van der Waals surface area contributed by atoms with Crippen LogP contribution in [0.4, 0.5) is 0 Å². The summed E-state index contributed by atoms with van der Waals surface area (Å²) in [5.41, 5.74) is 0. The van der Waals surface area contributed by atoms with Gasteiger partial charge >= 0.3 is 0 Å². The lowest BCUT2D eigenvalue weighted by Gasteiger charge is -2.24. The fourth-order valence-corrected chi connectivity index (χ4v) is 1.77. The molecule has 2 heteroatoms. The molecule has 1 rings (SSSR count). The van der Waals surface area contributed by atoms with E-state index in [1.165, 1.54) is 19.3 Å². The maximum absolute atomic E-state index is 5.34. The van der Waals surface area contributed by atoms with E-state index in [9.17, 15) is 0 Å². The molecular formula is C8H17NO. The van der Waals surface area contributed by atoms with Gasteiger partial charge in [-0.25, -0.2) is 0 Å². The largest absolute Gasteiger partial charge is 0.380 e. The molecule has 0 unspecified atom stereocenters. The molecule has 0 bridgehead atoms. The molecular weight excluding hydrogens is 126 g/mol. The van der Waals surface area contributed by atoms with Crippen LogP contribution >= 0.6 is 0 Å². The Labute approximate surface area is 63.2 Å². The number of hydrogen-bond donors (Lipinski definition) is 0. The number of ether oxygens (including phenoxy) is 1. The van der Waals surface area contributed by atoms with E-state index in [1.807, 2.05) is 7.11 Å². The van der Waals surface area contributed by atoms with Crippen molar-refractivity contribution in [1.82, 2.24) is 4.90 Å². The van der Waals surface area contributed by atoms with Crippen LogP contribution in [0.3, 0.4) is 0 Å². The van der Waals surface area contributed by atoms with E-state index in [4.69, 9.17) is 4.74 Å². The van der Waals surface area contributed by atoms with Crippen LogP contribution in [0.2, 0.25) is 0 Å². The average Bonchev–Trinajstić information content (AvgIpc) is 2.33. The number of rotatable bonds is 2. The minimum Gasteiger partial charge on any atom is -0.380 e. The molecule has 0 aliphatic heterocycles. The first-order chi connectivity index (χ1) is 4.75. The third-order valence-corrected chi connectivity index (χ3v) is 2.38. The Morgan fingerprint density at radius 3 is 2.40 bits per heavy atom. The Hall–Kier alpha value is -0.0800. The fourth-order valence-electron chi connectivity index (χ4n) is 1.77. The number of hydrogen-bond acceptors (Lipinski definition) is 2. The van der Waals surface area contributed by atoms with Gasteiger partial charge in [-0.15, -0.1) is 0 Å². The lowest BCUT2D eigenvalue weighted by molar-refractivity contribution is 0.0520. The van der Waals surface area contributed by atoms with Crippen molar-refractivity contribution in [2.24, 2.45) is 0 Å². The van der Waals surface area contributed by atoms with Gasteiger partial charge in [-0.2, -0.15) is 0 Å². The van der Waals surface area contributed by atoms with Crippen molar-refractivity contribution in [1.29, 1.82) is 0 Å². The van der Waals surface area contributed by atoms with E-state index < -0.39 is 0 Å². The van der Waals surface area contributed by atoms with Gasteiger partial charge in [0.2, 0.25) is 0 Å². The van der Waals surface area contributed by atoms with Gasteiger partial charge in [0.1, 0.15) is 0 Å². The summed E-state index contributed by atoms with van der Waals surface area (Å²) in [4.78, 5) is 2.27. The quantitative estimate of drug-likeness (QED) is 0.574. The summed E-state index contributed by atoms with van der Waals surface area (Å²) in [7, 11) is 6.07. The van der Waals surface area contributed by atoms with Crippen LogP contribution in [0, 0.1) is 0 Å². The SMILES string of the molecule is CO[C@H]1CCC[C@H]1N(C)C. The molecule has 1 aliphatic rings. The van der Waals surface area contributed by atoms with Gasteiger partial charge in [0.25, 0.3) is 0 Å². The molecule has 2 nitrogen and oxygen atoms in total. The monoisotopic (exact) mass is 143 g/mol. The smallest absolute Gasteiger partial charge is 0.0726 e. The summed E-state index contributed by atoms with van der Waals surface area (Å²) < 4.78 is 5.34. The molecule has 0 spiro atoms. The van der Waals surface area contributed by atoms with Crippen molar-refractivity contribution in [3.8, 4) is 0 Å². The molecule has 0 saturated heterocycles. The Bertz CT molecular complexity index is 103. The van der Waals surface area contributed by atoms with Crippen molar-refractivity contribution in [2.75, 3.05) is 21.2 Å². The Kier molecular flexibility index (Phi) is 2.69. The van der Waals surface area contributed by atoms with Gasteiger partial charge in [-0.3, -0.25) is 0 Å². The molecule has 10 heavy (non-hydrogen) atoms. The standard InChI is InChI=1S/C8H17NO/c1-9(2)7-5-4-6-8(7)10-3/h7-8H,4-6H2,1-3H3/t7-,8+/m1/s1. The average molecular weight is 143 g/mol. The van der Waals surface area contributed by atoms with Crippen molar-refractivity contribution < 1.29 is 4.74 Å². The van der Waals surface area contributed by atoms with Gasteiger partial charge in [0, 0.05) is 13.2 Å². The maximum atomic E-state index is 5.34. The molecule has 0 radical (unpaired) electrons. The molecule has 1 aliphatic carbocycles. The van der Waals surface area contributed by atoms with Crippen LogP contribution in [0.5, 0.6) is 0 Å². The minimum atomic E-state index is 0.481. The van der Waals surface area contributed by atoms with E-state index in [2.05, 4.69) is 19.0 Å². The van der Waals surface area contributed by atoms with Crippen LogP contribution in [-0.2, 0) is 4.74 Å². The lowest BCUT2D eigenvalue weighted by atomic mass is 10.2. The summed E-state index contributed by atoms with van der Waals surface area (Å²) in [5.74, 6) is 0. The molecule has 60 valence electrons. The second-order valence-corrected chi connectivity index (χ2v) is 3.24. The van der Waals surface area contributed by atoms with E-state index >= 15 is 0 Å². The zero-order chi connectivity index (χ0) is 7.56. The van der Waals surface area contributed by atoms with Crippen LogP contribution in [0.25, 0.3) is 0 Å². The first kappa shape index (κ1) is 8.02. The summed E-state index contributed by atoms with van der Waals surface area (Å²) in [6.45, 7) is 0. The summed E-state index contributed by atoms with van der Waals surface area (Å²) in [6, 6.07) is 0.657. The zero-order valence-corrected chi connectivity index (χ0v) is 7.13. The highest BCUT2D eigenvalue weighted by molar-refractivity contribution is 4.83. The molecule has 0 aromatic rings. The normalized spacial score (nSPS) is 33.6. The number of nitrogens with zero attached hydrogens (tertiary/aromatic N) is 1. The zero-order valence-electron chi connectivity index (χ0n) is 7.13. The van der Waals surface area contributed by atoms with E-state index in [-0.39, 0.29) is 0 Å². The predicted molar refractivity (Wildman–Crippen MR) is 42.1 cm³/mol. The Balaban J connectivity index is 2.42. The maximum Gasteiger partial charge on any atom is 0.0726 e. The first-order valence-electron chi connectivity index (χ1n) is 3.95. The molecule has 0 N–H and O–H groups in total. The highest BCUT2D eigenvalue weighted by Gasteiger charge is 2.28. The van der Waals surface area contributed by atoms with Gasteiger partial charge < -0.3 is 9.64 Å². The fraction of sp³-hybridized carbons (Fsp3) is 1.00. The highest BCUT2D eigenvalue weighted by atomic mass is 16.5. The van der Waals surface area contributed by atoms with E-state index in [1.54, 1.807) is 0 Å². The van der Waals surface area contributed by atoms with E-state index in [0.29, 0.717) is 12.1 Å². The number of likely N-dealkylation sites (N-methyl/N-ethyl adjacent to an activating group) is 1. The van der Waals surface area contributed by atoms with Crippen molar-refractivity contribution in [2.45, 2.75) is 31.4 Å². The highest BCUT2D eigenvalue weighted by Crippen LogP contribution is 2.24. The molecule has 1 fully saturated rings. The summed E-state index contributed by atoms with van der Waals surface area (Å²) in [5, 5.41) is 0. The van der Waals surface area contributed by atoms with Crippen molar-refractivity contribution in [3.63, 3.8) is 0 Å².